The molecule has 1 aromatic carbocycles. The van der Waals surface area contributed by atoms with Crippen LogP contribution in [0.25, 0.3) is 0 Å². The molecule has 5 nitrogen and oxygen atoms in total. The summed E-state index contributed by atoms with van der Waals surface area (Å²) in [5.74, 6) is 1.18. The Hall–Kier alpha value is -1.17. The molecule has 1 atom stereocenters. The van der Waals surface area contributed by atoms with Gasteiger partial charge >= 0.3 is 0 Å². The third-order valence-electron chi connectivity index (χ3n) is 4.73. The Kier molecular flexibility index (Phi) is 7.02. The number of amides is 1. The van der Waals surface area contributed by atoms with E-state index in [-0.39, 0.29) is 30.3 Å². The van der Waals surface area contributed by atoms with Gasteiger partial charge < -0.3 is 20.3 Å². The van der Waals surface area contributed by atoms with Crippen molar-refractivity contribution in [2.24, 2.45) is 5.92 Å². The van der Waals surface area contributed by atoms with E-state index in [0.29, 0.717) is 5.02 Å². The molecule has 7 heteroatoms. The first-order valence-corrected chi connectivity index (χ1v) is 8.64. The number of hydrogen-bond acceptors (Lipinski definition) is 4. The lowest BCUT2D eigenvalue weighted by molar-refractivity contribution is -0.126. The molecular weight excluding hydrogens is 349 g/mol. The summed E-state index contributed by atoms with van der Waals surface area (Å²) in [7, 11) is 1.67. The van der Waals surface area contributed by atoms with Crippen LogP contribution in [-0.4, -0.2) is 45.2 Å². The van der Waals surface area contributed by atoms with Crippen molar-refractivity contribution in [3.63, 3.8) is 0 Å². The standard InChI is InChI=1S/C17H24ClN3O2.ClH/c1-23-16-3-2-13(18)10-15(16)21-9-6-14(11-21)20-17(22)12-4-7-19-8-5-12;/h2-3,10,12,14,19H,4-9,11H2,1H3,(H,20,22);1H. The predicted octanol–water partition coefficient (Wildman–Crippen LogP) is 2.46. The van der Waals surface area contributed by atoms with Crippen molar-refractivity contribution in [1.82, 2.24) is 10.6 Å². The molecule has 0 aliphatic carbocycles. The van der Waals surface area contributed by atoms with Crippen LogP contribution in [0.15, 0.2) is 18.2 Å². The fourth-order valence-corrected chi connectivity index (χ4v) is 3.58. The fraction of sp³-hybridized carbons (Fsp3) is 0.588. The largest absolute Gasteiger partial charge is 0.495 e. The molecule has 1 amide bonds. The lowest BCUT2D eigenvalue weighted by atomic mass is 9.97. The van der Waals surface area contributed by atoms with Crippen LogP contribution >= 0.6 is 24.0 Å². The summed E-state index contributed by atoms with van der Waals surface area (Å²) in [6.45, 7) is 3.57. The normalized spacial score (nSPS) is 21.2. The summed E-state index contributed by atoms with van der Waals surface area (Å²) in [6, 6.07) is 5.84. The van der Waals surface area contributed by atoms with Gasteiger partial charge in [0.05, 0.1) is 12.8 Å². The van der Waals surface area contributed by atoms with Gasteiger partial charge in [0.15, 0.2) is 0 Å². The minimum absolute atomic E-state index is 0. The highest BCUT2D eigenvalue weighted by molar-refractivity contribution is 6.30. The second kappa shape index (κ2) is 8.79. The number of ether oxygens (including phenoxy) is 1. The molecule has 2 saturated heterocycles. The lowest BCUT2D eigenvalue weighted by Crippen LogP contribution is -2.43. The van der Waals surface area contributed by atoms with Crippen molar-refractivity contribution in [1.29, 1.82) is 0 Å². The monoisotopic (exact) mass is 373 g/mol. The molecule has 24 heavy (non-hydrogen) atoms. The second-order valence-corrected chi connectivity index (χ2v) is 6.72. The molecular formula is C17H25Cl2N3O2. The molecule has 0 radical (unpaired) electrons. The van der Waals surface area contributed by atoms with Crippen molar-refractivity contribution >= 4 is 35.6 Å². The summed E-state index contributed by atoms with van der Waals surface area (Å²) in [4.78, 5) is 14.6. The van der Waals surface area contributed by atoms with Gasteiger partial charge in [-0.3, -0.25) is 4.79 Å². The van der Waals surface area contributed by atoms with E-state index < -0.39 is 0 Å². The van der Waals surface area contributed by atoms with Crippen LogP contribution in [-0.2, 0) is 4.79 Å². The molecule has 0 bridgehead atoms. The van der Waals surface area contributed by atoms with Gasteiger partial charge in [-0.15, -0.1) is 12.4 Å². The van der Waals surface area contributed by atoms with Crippen molar-refractivity contribution in [3.8, 4) is 5.75 Å². The summed E-state index contributed by atoms with van der Waals surface area (Å²) < 4.78 is 5.43. The molecule has 2 aliphatic rings. The van der Waals surface area contributed by atoms with Gasteiger partial charge in [-0.25, -0.2) is 0 Å². The number of nitrogens with one attached hydrogen (secondary N) is 2. The van der Waals surface area contributed by atoms with Gasteiger partial charge in [-0.1, -0.05) is 11.6 Å². The third kappa shape index (κ3) is 4.47. The van der Waals surface area contributed by atoms with Gasteiger partial charge in [0.25, 0.3) is 0 Å². The molecule has 2 fully saturated rings. The number of hydrogen-bond donors (Lipinski definition) is 2. The summed E-state index contributed by atoms with van der Waals surface area (Å²) in [6.07, 6.45) is 2.82. The molecule has 0 spiro atoms. The summed E-state index contributed by atoms with van der Waals surface area (Å²) >= 11 is 6.12. The maximum Gasteiger partial charge on any atom is 0.223 e. The van der Waals surface area contributed by atoms with Crippen LogP contribution in [0.4, 0.5) is 5.69 Å². The average Bonchev–Trinajstić information content (AvgIpc) is 3.04. The van der Waals surface area contributed by atoms with E-state index >= 15 is 0 Å². The molecule has 134 valence electrons. The number of carbonyl (C=O) groups is 1. The van der Waals surface area contributed by atoms with E-state index in [1.165, 1.54) is 0 Å². The molecule has 1 unspecified atom stereocenters. The minimum atomic E-state index is 0. The third-order valence-corrected chi connectivity index (χ3v) is 4.96. The highest BCUT2D eigenvalue weighted by atomic mass is 35.5. The molecule has 2 N–H and O–H groups in total. The highest BCUT2D eigenvalue weighted by Crippen LogP contribution is 2.33. The zero-order valence-electron chi connectivity index (χ0n) is 13.9. The Labute approximate surface area is 154 Å². The number of methoxy groups -OCH3 is 1. The van der Waals surface area contributed by atoms with Crippen LogP contribution in [0.5, 0.6) is 5.75 Å². The number of nitrogens with zero attached hydrogens (tertiary/aromatic N) is 1. The maximum absolute atomic E-state index is 12.4. The molecule has 0 aromatic heterocycles. The van der Waals surface area contributed by atoms with Gasteiger partial charge in [-0.2, -0.15) is 0 Å². The summed E-state index contributed by atoms with van der Waals surface area (Å²) in [5, 5.41) is 7.21. The Morgan fingerprint density at radius 3 is 2.79 bits per heavy atom. The van der Waals surface area contributed by atoms with E-state index in [2.05, 4.69) is 15.5 Å². The van der Waals surface area contributed by atoms with Crippen LogP contribution < -0.4 is 20.3 Å². The Morgan fingerprint density at radius 1 is 1.33 bits per heavy atom. The van der Waals surface area contributed by atoms with Crippen molar-refractivity contribution < 1.29 is 9.53 Å². The summed E-state index contributed by atoms with van der Waals surface area (Å²) in [5.41, 5.74) is 0.999. The topological polar surface area (TPSA) is 53.6 Å². The molecule has 2 aliphatic heterocycles. The van der Waals surface area contributed by atoms with E-state index in [9.17, 15) is 4.79 Å². The van der Waals surface area contributed by atoms with Crippen molar-refractivity contribution in [2.75, 3.05) is 38.2 Å². The maximum atomic E-state index is 12.4. The van der Waals surface area contributed by atoms with Gasteiger partial charge in [0.1, 0.15) is 5.75 Å². The number of rotatable bonds is 4. The first-order valence-electron chi connectivity index (χ1n) is 8.27. The second-order valence-electron chi connectivity index (χ2n) is 6.28. The molecule has 0 saturated carbocycles. The molecule has 3 rings (SSSR count). The van der Waals surface area contributed by atoms with E-state index in [4.69, 9.17) is 16.3 Å². The smallest absolute Gasteiger partial charge is 0.223 e. The minimum Gasteiger partial charge on any atom is -0.495 e. The van der Waals surface area contributed by atoms with Gasteiger partial charge in [0, 0.05) is 30.1 Å². The zero-order valence-corrected chi connectivity index (χ0v) is 15.5. The Balaban J connectivity index is 0.00000208. The van der Waals surface area contributed by atoms with Gasteiger partial charge in [-0.05, 0) is 50.6 Å². The lowest BCUT2D eigenvalue weighted by Gasteiger charge is -2.24. The Bertz CT molecular complexity index is 565. The molecule has 2 heterocycles. The fourth-order valence-electron chi connectivity index (χ4n) is 3.41. The number of halogens is 2. The quantitative estimate of drug-likeness (QED) is 0.850. The van der Waals surface area contributed by atoms with Crippen molar-refractivity contribution in [3.05, 3.63) is 23.2 Å². The highest BCUT2D eigenvalue weighted by Gasteiger charge is 2.29. The SMILES string of the molecule is COc1ccc(Cl)cc1N1CCC(NC(=O)C2CCNCC2)C1.Cl. The van der Waals surface area contributed by atoms with E-state index in [0.717, 1.165) is 56.9 Å². The Morgan fingerprint density at radius 2 is 2.08 bits per heavy atom. The average molecular weight is 374 g/mol. The van der Waals surface area contributed by atoms with Gasteiger partial charge in [0.2, 0.25) is 5.91 Å². The van der Waals surface area contributed by atoms with Crippen LogP contribution in [0.1, 0.15) is 19.3 Å². The van der Waals surface area contributed by atoms with Crippen molar-refractivity contribution in [2.45, 2.75) is 25.3 Å². The first-order chi connectivity index (χ1) is 11.2. The van der Waals surface area contributed by atoms with Crippen LogP contribution in [0.2, 0.25) is 5.02 Å². The molecule has 1 aromatic rings. The number of piperidine rings is 1. The van der Waals surface area contributed by atoms with Crippen LogP contribution in [0.3, 0.4) is 0 Å². The number of carbonyl (C=O) groups excluding carboxylic acids is 1. The first kappa shape index (κ1) is 19.2. The van der Waals surface area contributed by atoms with E-state index in [1.54, 1.807) is 7.11 Å². The van der Waals surface area contributed by atoms with Crippen LogP contribution in [0, 0.1) is 5.92 Å². The number of benzene rings is 1. The van der Waals surface area contributed by atoms with E-state index in [1.807, 2.05) is 18.2 Å². The number of anilines is 1. The predicted molar refractivity (Wildman–Crippen MR) is 99.6 cm³/mol. The zero-order chi connectivity index (χ0) is 16.2.